The van der Waals surface area contributed by atoms with Crippen LogP contribution in [0.15, 0.2) is 23.0 Å². The van der Waals surface area contributed by atoms with Gasteiger partial charge in [0.05, 0.1) is 5.52 Å². The van der Waals surface area contributed by atoms with Crippen LogP contribution in [-0.2, 0) is 7.05 Å². The molecular formula is C15H23N3O3. The van der Waals surface area contributed by atoms with Gasteiger partial charge in [-0.2, -0.15) is 0 Å². The van der Waals surface area contributed by atoms with Gasteiger partial charge in [-0.1, -0.05) is 6.07 Å². The van der Waals surface area contributed by atoms with Crippen molar-refractivity contribution in [3.05, 3.63) is 28.7 Å². The van der Waals surface area contributed by atoms with Crippen molar-refractivity contribution in [2.24, 2.45) is 7.05 Å². The Morgan fingerprint density at radius 1 is 1.43 bits per heavy atom. The van der Waals surface area contributed by atoms with Crippen LogP contribution in [0.5, 0.6) is 5.75 Å². The van der Waals surface area contributed by atoms with Crippen LogP contribution in [-0.4, -0.2) is 39.5 Å². The average molecular weight is 293 g/mol. The SMILES string of the molecule is Cn1c(=O)[nH]c2cccc(OCC(O)CNC(C)(C)C)c21. The molecule has 2 rings (SSSR count). The van der Waals surface area contributed by atoms with Crippen molar-refractivity contribution in [3.8, 4) is 5.75 Å². The van der Waals surface area contributed by atoms with Crippen molar-refractivity contribution in [1.29, 1.82) is 0 Å². The number of rotatable bonds is 5. The van der Waals surface area contributed by atoms with Gasteiger partial charge in [-0.05, 0) is 32.9 Å². The lowest BCUT2D eigenvalue weighted by Gasteiger charge is -2.23. The molecule has 0 fully saturated rings. The molecule has 6 heteroatoms. The third kappa shape index (κ3) is 3.86. The van der Waals surface area contributed by atoms with E-state index in [1.165, 1.54) is 4.57 Å². The van der Waals surface area contributed by atoms with Gasteiger partial charge in [-0.15, -0.1) is 0 Å². The van der Waals surface area contributed by atoms with Crippen LogP contribution < -0.4 is 15.7 Å². The van der Waals surface area contributed by atoms with Gasteiger partial charge >= 0.3 is 5.69 Å². The topological polar surface area (TPSA) is 79.3 Å². The van der Waals surface area contributed by atoms with Crippen molar-refractivity contribution in [1.82, 2.24) is 14.9 Å². The Bertz CT molecular complexity index is 667. The number of H-pyrrole nitrogens is 1. The fourth-order valence-corrected chi connectivity index (χ4v) is 2.06. The van der Waals surface area contributed by atoms with E-state index in [0.717, 1.165) is 5.52 Å². The monoisotopic (exact) mass is 293 g/mol. The van der Waals surface area contributed by atoms with E-state index in [1.807, 2.05) is 32.9 Å². The molecule has 1 heterocycles. The zero-order chi connectivity index (χ0) is 15.6. The summed E-state index contributed by atoms with van der Waals surface area (Å²) in [5.41, 5.74) is 1.20. The summed E-state index contributed by atoms with van der Waals surface area (Å²) in [6, 6.07) is 5.42. The molecule has 1 atom stereocenters. The third-order valence-electron chi connectivity index (χ3n) is 3.18. The molecule has 0 saturated carbocycles. The minimum Gasteiger partial charge on any atom is -0.489 e. The second kappa shape index (κ2) is 5.91. The number of β-amino-alcohol motifs (C(OH)–C–C–N with tert-alkyl or cyclic N) is 1. The molecule has 6 nitrogen and oxygen atoms in total. The average Bonchev–Trinajstić information content (AvgIpc) is 2.69. The Kier molecular flexibility index (Phi) is 4.39. The minimum absolute atomic E-state index is 0.0501. The first-order valence-corrected chi connectivity index (χ1v) is 7.01. The fourth-order valence-electron chi connectivity index (χ4n) is 2.06. The van der Waals surface area contributed by atoms with Gasteiger partial charge in [-0.25, -0.2) is 4.79 Å². The molecule has 3 N–H and O–H groups in total. The van der Waals surface area contributed by atoms with Crippen molar-refractivity contribution in [3.63, 3.8) is 0 Å². The molecule has 0 aliphatic carbocycles. The predicted molar refractivity (Wildman–Crippen MR) is 82.8 cm³/mol. The highest BCUT2D eigenvalue weighted by molar-refractivity contribution is 5.81. The zero-order valence-corrected chi connectivity index (χ0v) is 12.9. The normalized spacial score (nSPS) is 13.6. The van der Waals surface area contributed by atoms with Crippen LogP contribution >= 0.6 is 0 Å². The number of nitrogens with zero attached hydrogens (tertiary/aromatic N) is 1. The third-order valence-corrected chi connectivity index (χ3v) is 3.18. The molecule has 0 aliphatic rings. The molecule has 0 spiro atoms. The number of ether oxygens (including phenoxy) is 1. The number of aromatic amines is 1. The first-order valence-electron chi connectivity index (χ1n) is 7.01. The van der Waals surface area contributed by atoms with Crippen molar-refractivity contribution >= 4 is 11.0 Å². The highest BCUT2D eigenvalue weighted by Gasteiger charge is 2.14. The van der Waals surface area contributed by atoms with E-state index in [2.05, 4.69) is 10.3 Å². The highest BCUT2D eigenvalue weighted by Crippen LogP contribution is 2.22. The van der Waals surface area contributed by atoms with Gasteiger partial charge in [-0.3, -0.25) is 4.57 Å². The number of para-hydroxylation sites is 1. The number of imidazole rings is 1. The Morgan fingerprint density at radius 3 is 2.81 bits per heavy atom. The summed E-state index contributed by atoms with van der Waals surface area (Å²) in [5, 5.41) is 13.2. The number of hydrogen-bond donors (Lipinski definition) is 3. The molecule has 0 aliphatic heterocycles. The molecule has 21 heavy (non-hydrogen) atoms. The van der Waals surface area contributed by atoms with Crippen molar-refractivity contribution < 1.29 is 9.84 Å². The van der Waals surface area contributed by atoms with E-state index in [1.54, 1.807) is 13.1 Å². The van der Waals surface area contributed by atoms with E-state index in [9.17, 15) is 9.90 Å². The van der Waals surface area contributed by atoms with Crippen LogP contribution in [0.2, 0.25) is 0 Å². The summed E-state index contributed by atoms with van der Waals surface area (Å²) in [4.78, 5) is 14.4. The van der Waals surface area contributed by atoms with Crippen molar-refractivity contribution in [2.75, 3.05) is 13.2 Å². The standard InChI is InChI=1S/C15H23N3O3/c1-15(2,3)16-8-10(19)9-21-12-7-5-6-11-13(12)18(4)14(20)17-11/h5-7,10,16,19H,8-9H2,1-4H3,(H,17,20). The van der Waals surface area contributed by atoms with Crippen LogP contribution in [0.4, 0.5) is 0 Å². The number of aromatic nitrogens is 2. The summed E-state index contributed by atoms with van der Waals surface area (Å²) in [5.74, 6) is 0.586. The van der Waals surface area contributed by atoms with Crippen molar-refractivity contribution in [2.45, 2.75) is 32.4 Å². The highest BCUT2D eigenvalue weighted by atomic mass is 16.5. The van der Waals surface area contributed by atoms with Gasteiger partial charge in [0.25, 0.3) is 0 Å². The molecule has 2 aromatic rings. The zero-order valence-electron chi connectivity index (χ0n) is 12.9. The Hall–Kier alpha value is -1.79. The smallest absolute Gasteiger partial charge is 0.326 e. The maximum Gasteiger partial charge on any atom is 0.326 e. The lowest BCUT2D eigenvalue weighted by atomic mass is 10.1. The van der Waals surface area contributed by atoms with Gasteiger partial charge < -0.3 is 20.1 Å². The summed E-state index contributed by atoms with van der Waals surface area (Å²) >= 11 is 0. The second-order valence-electron chi connectivity index (χ2n) is 6.24. The Morgan fingerprint density at radius 2 is 2.14 bits per heavy atom. The van der Waals surface area contributed by atoms with E-state index in [4.69, 9.17) is 4.74 Å². The van der Waals surface area contributed by atoms with E-state index in [0.29, 0.717) is 17.8 Å². The fraction of sp³-hybridized carbons (Fsp3) is 0.533. The Balaban J connectivity index is 2.05. The minimum atomic E-state index is -0.615. The van der Waals surface area contributed by atoms with Gasteiger partial charge in [0.2, 0.25) is 0 Å². The number of aliphatic hydroxyl groups excluding tert-OH is 1. The molecule has 0 radical (unpaired) electrons. The van der Waals surface area contributed by atoms with Gasteiger partial charge in [0.15, 0.2) is 0 Å². The maximum atomic E-state index is 11.6. The summed E-state index contributed by atoms with van der Waals surface area (Å²) in [6.07, 6.45) is -0.615. The first-order chi connectivity index (χ1) is 9.78. The first kappa shape index (κ1) is 15.6. The van der Waals surface area contributed by atoms with Crippen LogP contribution in [0.3, 0.4) is 0 Å². The number of aryl methyl sites for hydroxylation is 1. The number of nitrogens with one attached hydrogen (secondary N) is 2. The largest absolute Gasteiger partial charge is 0.489 e. The summed E-state index contributed by atoms with van der Waals surface area (Å²) in [7, 11) is 1.69. The molecule has 0 bridgehead atoms. The maximum absolute atomic E-state index is 11.6. The number of aliphatic hydroxyl groups is 1. The lowest BCUT2D eigenvalue weighted by molar-refractivity contribution is 0.101. The predicted octanol–water partition coefficient (Wildman–Crippen LogP) is 0.994. The quantitative estimate of drug-likeness (QED) is 0.768. The number of hydrogen-bond acceptors (Lipinski definition) is 4. The van der Waals surface area contributed by atoms with Gasteiger partial charge in [0, 0.05) is 19.1 Å². The summed E-state index contributed by atoms with van der Waals surface area (Å²) in [6.45, 7) is 6.73. The molecule has 1 aromatic carbocycles. The van der Waals surface area contributed by atoms with E-state index >= 15 is 0 Å². The molecule has 0 amide bonds. The molecular weight excluding hydrogens is 270 g/mol. The molecule has 1 unspecified atom stereocenters. The van der Waals surface area contributed by atoms with Crippen LogP contribution in [0.25, 0.3) is 11.0 Å². The molecule has 0 saturated heterocycles. The summed E-state index contributed by atoms with van der Waals surface area (Å²) < 4.78 is 7.18. The van der Waals surface area contributed by atoms with Crippen LogP contribution in [0, 0.1) is 0 Å². The number of benzene rings is 1. The molecule has 1 aromatic heterocycles. The number of fused-ring (bicyclic) bond motifs is 1. The molecule has 116 valence electrons. The van der Waals surface area contributed by atoms with E-state index in [-0.39, 0.29) is 17.8 Å². The lowest BCUT2D eigenvalue weighted by Crippen LogP contribution is -2.42. The van der Waals surface area contributed by atoms with Gasteiger partial charge in [0.1, 0.15) is 24.0 Å². The second-order valence-corrected chi connectivity index (χ2v) is 6.24. The van der Waals surface area contributed by atoms with Crippen LogP contribution in [0.1, 0.15) is 20.8 Å². The Labute approximate surface area is 123 Å². The van der Waals surface area contributed by atoms with E-state index < -0.39 is 6.10 Å².